The van der Waals surface area contributed by atoms with Gasteiger partial charge < -0.3 is 63.0 Å². The van der Waals surface area contributed by atoms with Crippen LogP contribution in [0, 0.1) is 10.8 Å². The Hall–Kier alpha value is -8.14. The molecule has 492 valence electrons. The molecule has 2 fully saturated rings. The minimum Gasteiger partial charge on any atom is -0.347 e. The number of urea groups is 2. The smallest absolute Gasteiger partial charge is 0.347 e. The number of hydrogen-bond acceptors (Lipinski definition) is 12. The molecule has 1 unspecified atom stereocenters. The Bertz CT molecular complexity index is 2930. The fourth-order valence-corrected chi connectivity index (χ4v) is 11.2. The third-order valence-electron chi connectivity index (χ3n) is 16.4. The second-order valence-corrected chi connectivity index (χ2v) is 25.2. The SMILES string of the molecule is CN[C@@H](C)C(=O)N[C@H](C(=O)N1C[C@@H](NC(=O)Nc2ccc(NC(=O)N[C@H]3C[C@@H](C(=O)N[C@@H]4CCCc5ccccc54)N(C(=O)[C@@H](NC(=O)[C@H](C)NC)C(C)(C)C)C3)cc2)CC1C(=O)N[C@@H]1CCCc2ccccc21)C(C)(C)C.O=C(C(=O)C(F)(F)F)C(F)(F)F. The van der Waals surface area contributed by atoms with Gasteiger partial charge in [0.05, 0.1) is 36.3 Å². The quantitative estimate of drug-likeness (QED) is 0.0568. The van der Waals surface area contributed by atoms with Crippen molar-refractivity contribution in [3.63, 3.8) is 0 Å². The minimum absolute atomic E-state index is 0.0185. The Kier molecular flexibility index (Phi) is 23.4. The first kappa shape index (κ1) is 70.9. The van der Waals surface area contributed by atoms with Crippen molar-refractivity contribution in [2.45, 2.75) is 180 Å². The molecule has 2 saturated heterocycles. The highest BCUT2D eigenvalue weighted by atomic mass is 19.4. The number of nitrogens with one attached hydrogen (secondary N) is 10. The number of amides is 10. The van der Waals surface area contributed by atoms with Gasteiger partial charge in [0.15, 0.2) is 0 Å². The molecule has 2 heterocycles. The molecule has 0 aromatic heterocycles. The maximum Gasteiger partial charge on any atom is 0.458 e. The minimum atomic E-state index is -5.77. The Labute approximate surface area is 518 Å². The van der Waals surface area contributed by atoms with Crippen LogP contribution in [-0.2, 0) is 51.2 Å². The summed E-state index contributed by atoms with van der Waals surface area (Å²) in [6.45, 7) is 14.5. The molecule has 0 radical (unpaired) electrons. The molecule has 3 aromatic carbocycles. The van der Waals surface area contributed by atoms with E-state index in [4.69, 9.17) is 0 Å². The zero-order chi connectivity index (χ0) is 66.8. The predicted molar refractivity (Wildman–Crippen MR) is 321 cm³/mol. The van der Waals surface area contributed by atoms with E-state index < -0.39 is 107 Å². The summed E-state index contributed by atoms with van der Waals surface area (Å²) in [5, 5.41) is 29.6. The van der Waals surface area contributed by atoms with Gasteiger partial charge in [0.1, 0.15) is 24.2 Å². The van der Waals surface area contributed by atoms with Crippen molar-refractivity contribution in [3.05, 3.63) is 95.1 Å². The number of carbonyl (C=O) groups excluding carboxylic acids is 10. The second kappa shape index (κ2) is 29.7. The largest absolute Gasteiger partial charge is 0.458 e. The molecule has 90 heavy (non-hydrogen) atoms. The highest BCUT2D eigenvalue weighted by molar-refractivity contribution is 6.41. The first-order chi connectivity index (χ1) is 42.0. The van der Waals surface area contributed by atoms with Gasteiger partial charge in [-0.05, 0) is 137 Å². The highest BCUT2D eigenvalue weighted by Gasteiger charge is 2.54. The lowest BCUT2D eigenvalue weighted by molar-refractivity contribution is -0.193. The van der Waals surface area contributed by atoms with Crippen molar-refractivity contribution in [2.24, 2.45) is 10.8 Å². The maximum atomic E-state index is 14.6. The second-order valence-electron chi connectivity index (χ2n) is 25.2. The van der Waals surface area contributed by atoms with E-state index in [1.807, 2.05) is 77.9 Å². The van der Waals surface area contributed by atoms with Crippen LogP contribution in [0.25, 0.3) is 0 Å². The van der Waals surface area contributed by atoms with E-state index in [1.165, 1.54) is 20.9 Å². The Morgan fingerprint density at radius 2 is 0.822 bits per heavy atom. The summed E-state index contributed by atoms with van der Waals surface area (Å²) < 4.78 is 67.0. The number of carbonyl (C=O) groups is 10. The van der Waals surface area contributed by atoms with E-state index >= 15 is 0 Å². The average molecular weight is 1270 g/mol. The molecule has 3 aromatic rings. The van der Waals surface area contributed by atoms with E-state index in [1.54, 1.807) is 52.2 Å². The zero-order valence-corrected chi connectivity index (χ0v) is 52.0. The van der Waals surface area contributed by atoms with Crippen LogP contribution in [0.4, 0.5) is 47.3 Å². The molecule has 10 amide bonds. The standard InChI is InChI=1S/C58H82N12O8.C4F6O2/c1-33(59-9)49(71)67-47(57(3,4)5)53(75)69-31-39(29-45(69)51(73)65-43-23-15-19-35-17-11-13-21-41(35)43)63-55(77)61-37-25-27-38(28-26-37)62-56(78)64-40-30-46(52(74)66-44-24-16-20-36-18-12-14-22-42(36)44)70(32-40)54(76)48(58(6,7)8)68-50(72)34(2)60-10;5-3(6,7)1(11)2(12)4(8,9)10/h11-14,17-18,21-22,25-28,33-34,39-40,43-48,59-60H,15-16,19-20,23-24,29-32H2,1-10H3,(H,65,73)(H,66,74)(H,67,71)(H,68,72)(H2,61,63,77)(H2,62,64,78);/t33-,34-,39-,40-,43+,44+,45-,46?,47+,48+;/m0./s1. The van der Waals surface area contributed by atoms with E-state index in [0.29, 0.717) is 11.4 Å². The Morgan fingerprint density at radius 1 is 0.489 bits per heavy atom. The van der Waals surface area contributed by atoms with Gasteiger partial charge in [0.2, 0.25) is 35.4 Å². The summed E-state index contributed by atoms with van der Waals surface area (Å²) in [7, 11) is 3.31. The van der Waals surface area contributed by atoms with Crippen LogP contribution in [0.3, 0.4) is 0 Å². The molecule has 7 rings (SSSR count). The van der Waals surface area contributed by atoms with Gasteiger partial charge in [-0.25, -0.2) is 9.59 Å². The van der Waals surface area contributed by atoms with Gasteiger partial charge in [0.25, 0.3) is 0 Å². The van der Waals surface area contributed by atoms with E-state index in [-0.39, 0.29) is 61.6 Å². The number of aryl methyl sites for hydroxylation is 2. The third-order valence-corrected chi connectivity index (χ3v) is 16.4. The van der Waals surface area contributed by atoms with Crippen LogP contribution >= 0.6 is 0 Å². The number of ketones is 2. The predicted octanol–water partition coefficient (Wildman–Crippen LogP) is 5.78. The number of halogens is 6. The van der Waals surface area contributed by atoms with Gasteiger partial charge in [-0.2, -0.15) is 26.3 Å². The fourth-order valence-electron chi connectivity index (χ4n) is 11.2. The Balaban J connectivity index is 0.000000969. The van der Waals surface area contributed by atoms with Crippen LogP contribution in [0.5, 0.6) is 0 Å². The van der Waals surface area contributed by atoms with Gasteiger partial charge in [-0.1, -0.05) is 90.1 Å². The van der Waals surface area contributed by atoms with Crippen molar-refractivity contribution in [1.82, 2.24) is 52.3 Å². The molecule has 0 saturated carbocycles. The maximum absolute atomic E-state index is 14.6. The number of benzene rings is 3. The molecule has 4 aliphatic rings. The van der Waals surface area contributed by atoms with Gasteiger partial charge in [0, 0.05) is 24.5 Å². The summed E-state index contributed by atoms with van der Waals surface area (Å²) in [4.78, 5) is 134. The van der Waals surface area contributed by atoms with Crippen LogP contribution in [0.2, 0.25) is 0 Å². The summed E-state index contributed by atoms with van der Waals surface area (Å²) in [6.07, 6.45) is -6.18. The van der Waals surface area contributed by atoms with E-state index in [2.05, 4.69) is 65.3 Å². The van der Waals surface area contributed by atoms with E-state index in [9.17, 15) is 74.3 Å². The summed E-state index contributed by atoms with van der Waals surface area (Å²) in [5.74, 6) is -9.09. The molecular weight excluding hydrogens is 1190 g/mol. The lowest BCUT2D eigenvalue weighted by Crippen LogP contribution is -2.59. The zero-order valence-electron chi connectivity index (χ0n) is 52.0. The molecule has 2 aliphatic carbocycles. The number of rotatable bonds is 17. The number of fused-ring (bicyclic) bond motifs is 2. The molecule has 0 bridgehead atoms. The van der Waals surface area contributed by atoms with Crippen molar-refractivity contribution < 1.29 is 74.3 Å². The average Bonchev–Trinajstić information content (AvgIpc) is 1.66. The van der Waals surface area contributed by atoms with Gasteiger partial charge in [-0.15, -0.1) is 0 Å². The third kappa shape index (κ3) is 18.5. The van der Waals surface area contributed by atoms with Crippen LogP contribution in [-0.4, -0.2) is 157 Å². The summed E-state index contributed by atoms with van der Waals surface area (Å²) in [6, 6.07) is 14.6. The highest BCUT2D eigenvalue weighted by Crippen LogP contribution is 2.34. The van der Waals surface area contributed by atoms with Crippen LogP contribution in [0.1, 0.15) is 128 Å². The van der Waals surface area contributed by atoms with Crippen LogP contribution < -0.4 is 53.2 Å². The first-order valence-electron chi connectivity index (χ1n) is 29.8. The number of anilines is 2. The lowest BCUT2D eigenvalue weighted by Gasteiger charge is -2.36. The molecule has 28 heteroatoms. The first-order valence-corrected chi connectivity index (χ1v) is 29.8. The number of nitrogens with zero attached hydrogens (tertiary/aromatic N) is 2. The molecule has 2 aliphatic heterocycles. The lowest BCUT2D eigenvalue weighted by atomic mass is 9.85. The number of Topliss-reactive ketones (excluding diaryl/α,β-unsaturated/α-hetero) is 2. The number of hydrogen-bond donors (Lipinski definition) is 10. The van der Waals surface area contributed by atoms with Crippen molar-refractivity contribution in [3.8, 4) is 0 Å². The fraction of sp³-hybridized carbons (Fsp3) is 0.548. The van der Waals surface area contributed by atoms with Gasteiger partial charge in [-0.3, -0.25) is 38.4 Å². The van der Waals surface area contributed by atoms with Crippen molar-refractivity contribution in [1.29, 1.82) is 0 Å². The monoisotopic (exact) mass is 1270 g/mol. The molecule has 10 N–H and O–H groups in total. The summed E-state index contributed by atoms with van der Waals surface area (Å²) in [5.41, 5.74) is 3.77. The topological polar surface area (TPSA) is 297 Å². The van der Waals surface area contributed by atoms with E-state index in [0.717, 1.165) is 49.7 Å². The summed E-state index contributed by atoms with van der Waals surface area (Å²) >= 11 is 0. The number of likely N-dealkylation sites (tertiary alicyclic amines) is 2. The van der Waals surface area contributed by atoms with Crippen LogP contribution in [0.15, 0.2) is 72.8 Å². The number of likely N-dealkylation sites (N-methyl/N-ethyl adjacent to an activating group) is 2. The van der Waals surface area contributed by atoms with Crippen molar-refractivity contribution in [2.75, 3.05) is 37.8 Å². The molecule has 22 nitrogen and oxygen atoms in total. The Morgan fingerprint density at radius 3 is 1.13 bits per heavy atom. The normalized spacial score (nSPS) is 21.2. The number of alkyl halides is 6. The van der Waals surface area contributed by atoms with Crippen molar-refractivity contribution >= 4 is 70.4 Å². The van der Waals surface area contributed by atoms with Gasteiger partial charge >= 0.3 is 36.0 Å². The molecule has 10 atom stereocenters. The molecular formula is C62H82F6N12O10. The molecule has 0 spiro atoms.